The molecule has 4 atom stereocenters. The van der Waals surface area contributed by atoms with Crippen LogP contribution in [0.25, 0.3) is 16.9 Å². The van der Waals surface area contributed by atoms with Crippen LogP contribution >= 0.6 is 7.75 Å². The van der Waals surface area contributed by atoms with Gasteiger partial charge in [-0.25, -0.2) is 30.3 Å². The van der Waals surface area contributed by atoms with E-state index in [1.165, 1.54) is 13.3 Å². The maximum Gasteiger partial charge on any atom is 1.00 e. The molecular formula is C15H22N8NaO4P. The van der Waals surface area contributed by atoms with Crippen molar-refractivity contribution < 1.29 is 48.0 Å². The first-order valence-electron chi connectivity index (χ1n) is 8.57. The summed E-state index contributed by atoms with van der Waals surface area (Å²) >= 11 is 0. The minimum atomic E-state index is -4.02. The van der Waals surface area contributed by atoms with Gasteiger partial charge in [-0.15, -0.1) is 0 Å². The van der Waals surface area contributed by atoms with Crippen LogP contribution in [0.4, 0.5) is 5.82 Å². The Balaban J connectivity index is 0.00000300. The van der Waals surface area contributed by atoms with Crippen molar-refractivity contribution >= 4 is 30.7 Å². The van der Waals surface area contributed by atoms with Crippen molar-refractivity contribution in [2.45, 2.75) is 25.4 Å². The van der Waals surface area contributed by atoms with E-state index in [0.717, 1.165) is 0 Å². The maximum atomic E-state index is 12.2. The van der Waals surface area contributed by atoms with Gasteiger partial charge in [-0.1, -0.05) is 12.2 Å². The average Bonchev–Trinajstić information content (AvgIpc) is 3.27. The van der Waals surface area contributed by atoms with Gasteiger partial charge in [-0.2, -0.15) is 0 Å². The molecule has 2 aromatic heterocycles. The number of carbonyl (C=O) groups excluding carboxylic acids is 1. The van der Waals surface area contributed by atoms with Crippen LogP contribution in [-0.2, 0) is 18.4 Å². The van der Waals surface area contributed by atoms with Crippen molar-refractivity contribution in [2.75, 3.05) is 13.7 Å². The normalized spacial score (nSPS) is 21.5. The van der Waals surface area contributed by atoms with Crippen LogP contribution in [0.3, 0.4) is 0 Å². The van der Waals surface area contributed by atoms with Crippen molar-refractivity contribution in [3.63, 3.8) is 0 Å². The zero-order chi connectivity index (χ0) is 20.3. The van der Waals surface area contributed by atoms with E-state index in [-0.39, 0.29) is 53.9 Å². The second kappa shape index (κ2) is 10.1. The van der Waals surface area contributed by atoms with Crippen molar-refractivity contribution in [2.24, 2.45) is 11.4 Å². The van der Waals surface area contributed by atoms with E-state index in [0.29, 0.717) is 17.6 Å². The number of nitrogens with two attached hydrogens (primary N) is 1. The molecule has 0 aliphatic heterocycles. The molecule has 1 unspecified atom stereocenters. The number of hydrogen-bond donors (Lipinski definition) is 3. The van der Waals surface area contributed by atoms with Crippen molar-refractivity contribution in [1.82, 2.24) is 30.4 Å². The quantitative estimate of drug-likeness (QED) is 0.190. The first kappa shape index (κ1) is 23.9. The van der Waals surface area contributed by atoms with E-state index in [9.17, 15) is 9.36 Å². The van der Waals surface area contributed by atoms with Gasteiger partial charge in [-0.05, 0) is 26.2 Å². The van der Waals surface area contributed by atoms with Gasteiger partial charge in [0.15, 0.2) is 5.65 Å². The van der Waals surface area contributed by atoms with E-state index < -0.39 is 19.8 Å². The van der Waals surface area contributed by atoms with Crippen LogP contribution in [0.1, 0.15) is 19.4 Å². The number of nitrogens with zero attached hydrogens (tertiary/aromatic N) is 4. The molecule has 0 radical (unpaired) electrons. The minimum absolute atomic E-state index is 0. The van der Waals surface area contributed by atoms with Crippen LogP contribution in [0.5, 0.6) is 0 Å². The monoisotopic (exact) mass is 432 g/mol. The maximum absolute atomic E-state index is 12.2. The Morgan fingerprint density at radius 2 is 2.21 bits per heavy atom. The smallest absolute Gasteiger partial charge is 0.480 e. The molecule has 29 heavy (non-hydrogen) atoms. The third kappa shape index (κ3) is 5.83. The van der Waals surface area contributed by atoms with Crippen LogP contribution in [0.15, 0.2) is 24.8 Å². The molecule has 2 heterocycles. The third-order valence-corrected chi connectivity index (χ3v) is 5.21. The van der Waals surface area contributed by atoms with Gasteiger partial charge >= 0.3 is 43.3 Å². The van der Waals surface area contributed by atoms with Crippen LogP contribution in [-0.4, -0.2) is 45.2 Å². The number of nitrogens with one attached hydrogen (secondary N) is 3. The molecule has 2 aromatic rings. The Morgan fingerprint density at radius 1 is 1.45 bits per heavy atom. The van der Waals surface area contributed by atoms with E-state index >= 15 is 0 Å². The number of hydrazine groups is 1. The summed E-state index contributed by atoms with van der Waals surface area (Å²) in [6, 6.07) is -0.785. The molecule has 5 N–H and O–H groups in total. The summed E-state index contributed by atoms with van der Waals surface area (Å²) < 4.78 is 24.0. The average molecular weight is 432 g/mol. The molecule has 1 aliphatic rings. The van der Waals surface area contributed by atoms with Crippen LogP contribution in [0.2, 0.25) is 0 Å². The second-order valence-electron chi connectivity index (χ2n) is 6.36. The molecular weight excluding hydrogens is 410 g/mol. The van der Waals surface area contributed by atoms with Gasteiger partial charge in [0.05, 0.1) is 19.0 Å². The second-order valence-corrected chi connectivity index (χ2v) is 7.88. The molecule has 0 aromatic carbocycles. The van der Waals surface area contributed by atoms with Gasteiger partial charge in [0.25, 0.3) is 0 Å². The Labute approximate surface area is 189 Å². The zero-order valence-corrected chi connectivity index (χ0v) is 19.3. The fourth-order valence-electron chi connectivity index (χ4n) is 2.88. The van der Waals surface area contributed by atoms with Crippen molar-refractivity contribution in [3.8, 4) is 0 Å². The number of fused-ring (bicyclic) bond motifs is 1. The number of hydrogen-bond acceptors (Lipinski definition) is 9. The Bertz CT molecular complexity index is 938. The Kier molecular flexibility index (Phi) is 8.32. The number of carbonyl (C=O) groups is 1. The van der Waals surface area contributed by atoms with Gasteiger partial charge in [0.2, 0.25) is 0 Å². The van der Waals surface area contributed by atoms with Crippen molar-refractivity contribution in [3.05, 3.63) is 30.5 Å². The standard InChI is InChI=1S/C15H22N8O4P.Na/c1-9(22-18-2)15(24)27-28(17,25)26-6-10-3-4-11(5-10)23-8-21-12-13(16)19-7-20-14(12)23;/h3-4,7-11,18,22H,5-6H2,1-2H3,(H3-,16,17,19,20,25);/q-1;+1/t9-,10-,11+,28?;/m0./s1. The largest absolute Gasteiger partial charge is 1.00 e. The molecule has 0 spiro atoms. The van der Waals surface area contributed by atoms with Gasteiger partial charge < -0.3 is 19.8 Å². The molecule has 0 amide bonds. The SMILES string of the molecule is CNN[C@@H](C)C(=O)OP(N)(=O)OC[C@H]1C=C[C@@H](n2cnc3c([NH-])ncnc32)C1.[Na+]. The van der Waals surface area contributed by atoms with E-state index in [1.54, 1.807) is 13.4 Å². The van der Waals surface area contributed by atoms with E-state index in [2.05, 4.69) is 25.8 Å². The molecule has 152 valence electrons. The van der Waals surface area contributed by atoms with Crippen LogP contribution < -0.4 is 45.9 Å². The van der Waals surface area contributed by atoms with Crippen LogP contribution in [0, 0.1) is 5.92 Å². The number of rotatable bonds is 8. The summed E-state index contributed by atoms with van der Waals surface area (Å²) in [7, 11) is -2.43. The topological polar surface area (TPSA) is 170 Å². The molecule has 0 saturated heterocycles. The molecule has 12 nitrogen and oxygen atoms in total. The summed E-state index contributed by atoms with van der Waals surface area (Å²) in [6.45, 7) is 1.57. The fourth-order valence-corrected chi connectivity index (χ4v) is 3.74. The predicted octanol–water partition coefficient (Wildman–Crippen LogP) is -1.63. The molecule has 0 saturated carbocycles. The summed E-state index contributed by atoms with van der Waals surface area (Å²) in [5.41, 5.74) is 19.5. The molecule has 3 rings (SSSR count). The Morgan fingerprint density at radius 3 is 2.93 bits per heavy atom. The molecule has 1 aliphatic carbocycles. The summed E-state index contributed by atoms with van der Waals surface area (Å²) in [4.78, 5) is 24.0. The van der Waals surface area contributed by atoms with Gasteiger partial charge in [0.1, 0.15) is 11.6 Å². The minimum Gasteiger partial charge on any atom is -0.480 e. The molecule has 0 bridgehead atoms. The van der Waals surface area contributed by atoms with E-state index in [4.69, 9.17) is 20.3 Å². The van der Waals surface area contributed by atoms with Crippen molar-refractivity contribution in [1.29, 1.82) is 0 Å². The number of allylic oxidation sites excluding steroid dienone is 1. The third-order valence-electron chi connectivity index (χ3n) is 4.27. The van der Waals surface area contributed by atoms with Gasteiger partial charge in [0, 0.05) is 12.2 Å². The summed E-state index contributed by atoms with van der Waals surface area (Å²) in [5.74, 6) is -0.794. The first-order chi connectivity index (χ1) is 13.3. The fraction of sp³-hybridized carbons (Fsp3) is 0.467. The van der Waals surface area contributed by atoms with Gasteiger partial charge in [-0.3, -0.25) is 9.95 Å². The Hall–Kier alpha value is -1.37. The number of aromatic nitrogens is 4. The predicted molar refractivity (Wildman–Crippen MR) is 101 cm³/mol. The van der Waals surface area contributed by atoms with E-state index in [1.807, 2.05) is 16.7 Å². The zero-order valence-electron chi connectivity index (χ0n) is 16.4. The summed E-state index contributed by atoms with van der Waals surface area (Å²) in [6.07, 6.45) is 7.43. The summed E-state index contributed by atoms with van der Waals surface area (Å²) in [5, 5.41) is 0. The first-order valence-corrected chi connectivity index (χ1v) is 10.2. The number of imidazole rings is 1. The molecule has 0 fully saturated rings. The molecule has 14 heteroatoms.